The molecule has 24 heavy (non-hydrogen) atoms. The number of hydrogen-bond donors (Lipinski definition) is 0. The fourth-order valence-electron chi connectivity index (χ4n) is 3.39. The highest BCUT2D eigenvalue weighted by atomic mass is 16.5. The van der Waals surface area contributed by atoms with Crippen LogP contribution < -0.4 is 4.74 Å². The summed E-state index contributed by atoms with van der Waals surface area (Å²) >= 11 is 0. The zero-order valence-corrected chi connectivity index (χ0v) is 14.8. The Labute approximate surface area is 146 Å². The second-order valence-corrected chi connectivity index (χ2v) is 6.93. The lowest BCUT2D eigenvalue weighted by atomic mass is 9.97. The summed E-state index contributed by atoms with van der Waals surface area (Å²) in [7, 11) is 0. The van der Waals surface area contributed by atoms with Crippen molar-refractivity contribution in [1.29, 1.82) is 0 Å². The number of para-hydroxylation sites is 1. The number of nitrogens with zero attached hydrogens (tertiary/aromatic N) is 1. The molecule has 0 radical (unpaired) electrons. The molecule has 2 aromatic rings. The molecule has 0 N–H and O–H groups in total. The van der Waals surface area contributed by atoms with Gasteiger partial charge in [-0.2, -0.15) is 0 Å². The topological polar surface area (TPSA) is 12.5 Å². The van der Waals surface area contributed by atoms with E-state index < -0.39 is 0 Å². The monoisotopic (exact) mass is 323 g/mol. The van der Waals surface area contributed by atoms with E-state index in [0.29, 0.717) is 5.92 Å². The molecule has 1 aliphatic rings. The minimum Gasteiger partial charge on any atom is -0.457 e. The fraction of sp³-hybridized carbons (Fsp3) is 0.455. The van der Waals surface area contributed by atoms with Gasteiger partial charge in [-0.1, -0.05) is 50.1 Å². The summed E-state index contributed by atoms with van der Waals surface area (Å²) in [5.41, 5.74) is 1.41. The van der Waals surface area contributed by atoms with E-state index in [1.165, 1.54) is 57.3 Å². The van der Waals surface area contributed by atoms with Gasteiger partial charge in [0.2, 0.25) is 0 Å². The molecule has 0 aromatic heterocycles. The van der Waals surface area contributed by atoms with Crippen LogP contribution in [0.3, 0.4) is 0 Å². The first-order valence-electron chi connectivity index (χ1n) is 9.36. The predicted molar refractivity (Wildman–Crippen MR) is 101 cm³/mol. The summed E-state index contributed by atoms with van der Waals surface area (Å²) in [6.07, 6.45) is 6.81. The van der Waals surface area contributed by atoms with Crippen molar-refractivity contribution in [3.63, 3.8) is 0 Å². The molecule has 128 valence electrons. The fourth-order valence-corrected chi connectivity index (χ4v) is 3.39. The van der Waals surface area contributed by atoms with Gasteiger partial charge < -0.3 is 9.64 Å². The van der Waals surface area contributed by atoms with E-state index in [-0.39, 0.29) is 0 Å². The first-order chi connectivity index (χ1) is 11.8. The molecule has 1 aliphatic heterocycles. The molecule has 0 spiro atoms. The number of hydrogen-bond acceptors (Lipinski definition) is 2. The van der Waals surface area contributed by atoms with Crippen molar-refractivity contribution in [2.45, 2.75) is 44.9 Å². The summed E-state index contributed by atoms with van der Waals surface area (Å²) in [6, 6.07) is 18.6. The Morgan fingerprint density at radius 2 is 1.46 bits per heavy atom. The van der Waals surface area contributed by atoms with E-state index in [9.17, 15) is 0 Å². The third-order valence-electron chi connectivity index (χ3n) is 5.01. The Hall–Kier alpha value is -1.80. The average Bonchev–Trinajstić information content (AvgIpc) is 2.90. The molecule has 1 atom stereocenters. The Kier molecular flexibility index (Phi) is 6.31. The van der Waals surface area contributed by atoms with Crippen LogP contribution in [0.25, 0.3) is 0 Å². The first-order valence-corrected chi connectivity index (χ1v) is 9.36. The molecule has 1 unspecified atom stereocenters. The van der Waals surface area contributed by atoms with Crippen molar-refractivity contribution in [3.8, 4) is 11.5 Å². The van der Waals surface area contributed by atoms with Crippen molar-refractivity contribution in [1.82, 2.24) is 4.90 Å². The number of rotatable bonds is 6. The standard InChI is InChI=1S/C22H29NO/c1-19(15-18-23-16-7-2-3-8-17-23)20-11-13-22(14-12-20)24-21-9-5-4-6-10-21/h4-6,9-14,19H,2-3,7-8,15-18H2,1H3. The summed E-state index contributed by atoms with van der Waals surface area (Å²) in [4.78, 5) is 2.65. The smallest absolute Gasteiger partial charge is 0.127 e. The highest BCUT2D eigenvalue weighted by molar-refractivity contribution is 5.33. The van der Waals surface area contributed by atoms with Crippen LogP contribution >= 0.6 is 0 Å². The van der Waals surface area contributed by atoms with Gasteiger partial charge in [0.1, 0.15) is 11.5 Å². The number of likely N-dealkylation sites (tertiary alicyclic amines) is 1. The molecule has 0 aliphatic carbocycles. The molecule has 1 saturated heterocycles. The Morgan fingerprint density at radius 1 is 0.833 bits per heavy atom. The summed E-state index contributed by atoms with van der Waals surface area (Å²) < 4.78 is 5.87. The largest absolute Gasteiger partial charge is 0.457 e. The minimum absolute atomic E-state index is 0.596. The van der Waals surface area contributed by atoms with Gasteiger partial charge in [-0.3, -0.25) is 0 Å². The molecule has 1 heterocycles. The molecule has 2 aromatic carbocycles. The van der Waals surface area contributed by atoms with Crippen LogP contribution in [0.4, 0.5) is 0 Å². The molecule has 2 heteroatoms. The van der Waals surface area contributed by atoms with E-state index in [1.807, 2.05) is 30.3 Å². The van der Waals surface area contributed by atoms with Crippen molar-refractivity contribution in [2.75, 3.05) is 19.6 Å². The van der Waals surface area contributed by atoms with Crippen LogP contribution in [0.2, 0.25) is 0 Å². The average molecular weight is 323 g/mol. The lowest BCUT2D eigenvalue weighted by Gasteiger charge is -2.22. The van der Waals surface area contributed by atoms with E-state index in [4.69, 9.17) is 4.74 Å². The molecule has 3 rings (SSSR count). The van der Waals surface area contributed by atoms with Gasteiger partial charge in [-0.05, 0) is 74.6 Å². The van der Waals surface area contributed by atoms with Crippen LogP contribution in [0.5, 0.6) is 11.5 Å². The Morgan fingerprint density at radius 3 is 2.12 bits per heavy atom. The summed E-state index contributed by atoms with van der Waals surface area (Å²) in [6.45, 7) is 6.14. The second kappa shape index (κ2) is 8.89. The van der Waals surface area contributed by atoms with Crippen LogP contribution in [-0.2, 0) is 0 Å². The first kappa shape index (κ1) is 17.0. The lowest BCUT2D eigenvalue weighted by Crippen LogP contribution is -2.26. The number of ether oxygens (including phenoxy) is 1. The van der Waals surface area contributed by atoms with Crippen LogP contribution in [-0.4, -0.2) is 24.5 Å². The van der Waals surface area contributed by atoms with E-state index >= 15 is 0 Å². The zero-order valence-electron chi connectivity index (χ0n) is 14.8. The molecule has 0 saturated carbocycles. The maximum absolute atomic E-state index is 5.87. The quantitative estimate of drug-likeness (QED) is 0.661. The second-order valence-electron chi connectivity index (χ2n) is 6.93. The van der Waals surface area contributed by atoms with E-state index in [0.717, 1.165) is 11.5 Å². The van der Waals surface area contributed by atoms with Gasteiger partial charge in [-0.25, -0.2) is 0 Å². The van der Waals surface area contributed by atoms with Gasteiger partial charge >= 0.3 is 0 Å². The van der Waals surface area contributed by atoms with Gasteiger partial charge in [0.05, 0.1) is 0 Å². The maximum atomic E-state index is 5.87. The van der Waals surface area contributed by atoms with Crippen LogP contribution in [0.1, 0.15) is 50.5 Å². The molecule has 2 nitrogen and oxygen atoms in total. The molecular formula is C22H29NO. The highest BCUT2D eigenvalue weighted by Gasteiger charge is 2.12. The molecule has 0 bridgehead atoms. The van der Waals surface area contributed by atoms with Crippen LogP contribution in [0, 0.1) is 0 Å². The van der Waals surface area contributed by atoms with Gasteiger partial charge in [0.15, 0.2) is 0 Å². The van der Waals surface area contributed by atoms with E-state index in [1.54, 1.807) is 0 Å². The molecule has 1 fully saturated rings. The predicted octanol–water partition coefficient (Wildman–Crippen LogP) is 5.85. The van der Waals surface area contributed by atoms with Gasteiger partial charge in [-0.15, -0.1) is 0 Å². The summed E-state index contributed by atoms with van der Waals surface area (Å²) in [5.74, 6) is 2.39. The van der Waals surface area contributed by atoms with Crippen molar-refractivity contribution < 1.29 is 4.74 Å². The van der Waals surface area contributed by atoms with Gasteiger partial charge in [0, 0.05) is 0 Å². The summed E-state index contributed by atoms with van der Waals surface area (Å²) in [5, 5.41) is 0. The van der Waals surface area contributed by atoms with Crippen molar-refractivity contribution in [3.05, 3.63) is 60.2 Å². The maximum Gasteiger partial charge on any atom is 0.127 e. The van der Waals surface area contributed by atoms with Gasteiger partial charge in [0.25, 0.3) is 0 Å². The Balaban J connectivity index is 1.50. The lowest BCUT2D eigenvalue weighted by molar-refractivity contribution is 0.275. The normalized spacial score (nSPS) is 17.2. The SMILES string of the molecule is CC(CCN1CCCCCC1)c1ccc(Oc2ccccc2)cc1. The third-order valence-corrected chi connectivity index (χ3v) is 5.01. The van der Waals surface area contributed by atoms with E-state index in [2.05, 4.69) is 36.1 Å². The third kappa shape index (κ3) is 5.10. The zero-order chi connectivity index (χ0) is 16.6. The number of benzene rings is 2. The minimum atomic E-state index is 0.596. The Bertz CT molecular complexity index is 585. The molecular weight excluding hydrogens is 294 g/mol. The van der Waals surface area contributed by atoms with Crippen molar-refractivity contribution >= 4 is 0 Å². The molecule has 0 amide bonds. The van der Waals surface area contributed by atoms with Crippen LogP contribution in [0.15, 0.2) is 54.6 Å². The highest BCUT2D eigenvalue weighted by Crippen LogP contribution is 2.25. The van der Waals surface area contributed by atoms with Crippen molar-refractivity contribution in [2.24, 2.45) is 0 Å².